The first kappa shape index (κ1) is 21.9. The lowest BCUT2D eigenvalue weighted by Crippen LogP contribution is -2.47. The second-order valence-electron chi connectivity index (χ2n) is 8.06. The number of fused-ring (bicyclic) bond motifs is 1. The van der Waals surface area contributed by atoms with Crippen molar-refractivity contribution in [1.82, 2.24) is 10.2 Å². The summed E-state index contributed by atoms with van der Waals surface area (Å²) in [6.45, 7) is 6.75. The van der Waals surface area contributed by atoms with Crippen LogP contribution >= 0.6 is 11.6 Å². The third-order valence-corrected chi connectivity index (χ3v) is 4.80. The Kier molecular flexibility index (Phi) is 6.22. The van der Waals surface area contributed by atoms with Gasteiger partial charge in [0.25, 0.3) is 5.91 Å². The van der Waals surface area contributed by atoms with Crippen LogP contribution in [0.4, 0.5) is 0 Å². The maximum absolute atomic E-state index is 13.2. The Morgan fingerprint density at radius 2 is 2.00 bits per heavy atom. The molecule has 0 saturated carbocycles. The third kappa shape index (κ3) is 4.67. The van der Waals surface area contributed by atoms with E-state index in [0.29, 0.717) is 28.5 Å². The summed E-state index contributed by atoms with van der Waals surface area (Å²) in [5.41, 5.74) is 0.373. The van der Waals surface area contributed by atoms with Crippen molar-refractivity contribution in [3.8, 4) is 5.75 Å². The highest BCUT2D eigenvalue weighted by Gasteiger charge is 2.42. The smallest absolute Gasteiger partial charge is 0.325 e. The molecular weight excluding hydrogens is 408 g/mol. The summed E-state index contributed by atoms with van der Waals surface area (Å²) in [6.07, 6.45) is 4.95. The van der Waals surface area contributed by atoms with Crippen molar-refractivity contribution in [3.63, 3.8) is 0 Å². The van der Waals surface area contributed by atoms with Crippen LogP contribution in [0.5, 0.6) is 5.75 Å². The highest BCUT2D eigenvalue weighted by Crippen LogP contribution is 2.39. The summed E-state index contributed by atoms with van der Waals surface area (Å²) >= 11 is 6.19. The van der Waals surface area contributed by atoms with Crippen molar-refractivity contribution in [2.24, 2.45) is 0 Å². The van der Waals surface area contributed by atoms with Crippen LogP contribution in [0.2, 0.25) is 5.02 Å². The number of nitrogens with one attached hydrogen (secondary N) is 1. The van der Waals surface area contributed by atoms with E-state index in [2.05, 4.69) is 5.32 Å². The minimum atomic E-state index is -1.04. The van der Waals surface area contributed by atoms with E-state index in [1.807, 2.05) is 6.92 Å². The number of benzene rings is 1. The molecule has 2 aliphatic rings. The number of ether oxygens (including phenoxy) is 2. The van der Waals surface area contributed by atoms with Crippen molar-refractivity contribution in [1.29, 1.82) is 0 Å². The van der Waals surface area contributed by atoms with E-state index >= 15 is 0 Å². The predicted octanol–water partition coefficient (Wildman–Crippen LogP) is 3.29. The van der Waals surface area contributed by atoms with Crippen LogP contribution in [-0.2, 0) is 19.1 Å². The van der Waals surface area contributed by atoms with Gasteiger partial charge in [0.05, 0.1) is 0 Å². The lowest BCUT2D eigenvalue weighted by atomic mass is 10.0. The molecule has 0 bridgehead atoms. The fourth-order valence-corrected chi connectivity index (χ4v) is 3.42. The number of halogens is 1. The van der Waals surface area contributed by atoms with Crippen molar-refractivity contribution in [2.45, 2.75) is 51.9 Å². The number of carbonyl (C=O) groups is 3. The largest absolute Gasteiger partial charge is 0.480 e. The number of allylic oxidation sites excluding steroid dienone is 3. The topological polar surface area (TPSA) is 84.9 Å². The fraction of sp³-hybridized carbons (Fsp3) is 0.409. The summed E-state index contributed by atoms with van der Waals surface area (Å²) < 4.78 is 11.2. The summed E-state index contributed by atoms with van der Waals surface area (Å²) in [4.78, 5) is 39.9. The molecule has 160 valence electrons. The highest BCUT2D eigenvalue weighted by molar-refractivity contribution is 6.30. The van der Waals surface area contributed by atoms with E-state index in [9.17, 15) is 14.4 Å². The molecule has 1 heterocycles. The molecule has 1 aliphatic heterocycles. The summed E-state index contributed by atoms with van der Waals surface area (Å²) in [6, 6.07) is 3.86. The van der Waals surface area contributed by atoms with Gasteiger partial charge in [-0.3, -0.25) is 19.3 Å². The number of amides is 2. The first-order valence-corrected chi connectivity index (χ1v) is 10.2. The minimum absolute atomic E-state index is 0.322. The molecule has 2 atom stereocenters. The van der Waals surface area contributed by atoms with Crippen LogP contribution in [0.25, 0.3) is 0 Å². The SMILES string of the molecule is CCC1Oc2ccc(Cl)cc2C(C(=O)NCC(=O)OC(C)(C)C)N(C2=CC=C2)C1=O. The lowest BCUT2D eigenvalue weighted by molar-refractivity contribution is -0.154. The number of hydrogen-bond donors (Lipinski definition) is 1. The zero-order valence-electron chi connectivity index (χ0n) is 17.4. The van der Waals surface area contributed by atoms with E-state index in [0.717, 1.165) is 0 Å². The Balaban J connectivity index is 1.95. The molecular formula is C22H25ClN2O5. The van der Waals surface area contributed by atoms with Crippen molar-refractivity contribution in [3.05, 3.63) is 52.7 Å². The molecule has 2 unspecified atom stereocenters. The molecule has 2 amide bonds. The van der Waals surface area contributed by atoms with Crippen LogP contribution in [-0.4, -0.2) is 40.9 Å². The first-order chi connectivity index (χ1) is 14.1. The highest BCUT2D eigenvalue weighted by atomic mass is 35.5. The molecule has 3 rings (SSSR count). The van der Waals surface area contributed by atoms with E-state index in [-0.39, 0.29) is 12.5 Å². The quantitative estimate of drug-likeness (QED) is 0.721. The van der Waals surface area contributed by atoms with Gasteiger partial charge >= 0.3 is 5.97 Å². The zero-order chi connectivity index (χ0) is 22.1. The van der Waals surface area contributed by atoms with Gasteiger partial charge in [-0.15, -0.1) is 0 Å². The molecule has 30 heavy (non-hydrogen) atoms. The second-order valence-corrected chi connectivity index (χ2v) is 8.50. The van der Waals surface area contributed by atoms with E-state index in [1.54, 1.807) is 57.2 Å². The van der Waals surface area contributed by atoms with Gasteiger partial charge in [0.1, 0.15) is 23.9 Å². The summed E-state index contributed by atoms with van der Waals surface area (Å²) in [7, 11) is 0. The Morgan fingerprint density at radius 1 is 1.30 bits per heavy atom. The average molecular weight is 433 g/mol. The van der Waals surface area contributed by atoms with Crippen molar-refractivity contribution >= 4 is 29.4 Å². The Morgan fingerprint density at radius 3 is 2.57 bits per heavy atom. The molecule has 1 aromatic rings. The average Bonchev–Trinajstić information content (AvgIpc) is 2.72. The Bertz CT molecular complexity index is 932. The van der Waals surface area contributed by atoms with Crippen molar-refractivity contribution < 1.29 is 23.9 Å². The molecule has 0 spiro atoms. The van der Waals surface area contributed by atoms with Crippen molar-refractivity contribution in [2.75, 3.05) is 6.54 Å². The van der Waals surface area contributed by atoms with Gasteiger partial charge in [-0.05, 0) is 57.5 Å². The summed E-state index contributed by atoms with van der Waals surface area (Å²) in [5, 5.41) is 3.00. The standard InChI is InChI=1S/C22H25ClN2O5/c1-5-16-21(28)25(14-7-6-8-14)19(15-11-13(23)9-10-17(15)29-16)20(27)24-12-18(26)30-22(2,3)4/h6-11,16,19H,5,12H2,1-4H3,(H,24,27). The van der Waals surface area contributed by atoms with Crippen LogP contribution in [0.3, 0.4) is 0 Å². The predicted molar refractivity (Wildman–Crippen MR) is 112 cm³/mol. The van der Waals surface area contributed by atoms with Gasteiger partial charge in [0, 0.05) is 16.3 Å². The van der Waals surface area contributed by atoms with Gasteiger partial charge in [-0.25, -0.2) is 0 Å². The number of esters is 1. The Labute approximate surface area is 180 Å². The molecule has 0 fully saturated rings. The Hall–Kier alpha value is -2.80. The second kappa shape index (κ2) is 8.52. The van der Waals surface area contributed by atoms with Crippen LogP contribution in [0, 0.1) is 0 Å². The normalized spacial score (nSPS) is 20.4. The van der Waals surface area contributed by atoms with E-state index < -0.39 is 29.6 Å². The molecule has 8 heteroatoms. The maximum atomic E-state index is 13.2. The third-order valence-electron chi connectivity index (χ3n) is 4.56. The minimum Gasteiger partial charge on any atom is -0.480 e. The molecule has 0 saturated heterocycles. The number of rotatable bonds is 5. The number of carbonyl (C=O) groups excluding carboxylic acids is 3. The lowest BCUT2D eigenvalue weighted by Gasteiger charge is -2.32. The van der Waals surface area contributed by atoms with Crippen LogP contribution in [0.15, 0.2) is 42.1 Å². The van der Waals surface area contributed by atoms with Gasteiger partial charge in [0.2, 0.25) is 5.91 Å². The molecule has 0 radical (unpaired) electrons. The first-order valence-electron chi connectivity index (χ1n) is 9.78. The van der Waals surface area contributed by atoms with Gasteiger partial charge in [0.15, 0.2) is 6.10 Å². The van der Waals surface area contributed by atoms with Gasteiger partial charge < -0.3 is 14.8 Å². The summed E-state index contributed by atoms with van der Waals surface area (Å²) in [5.74, 6) is -1.03. The van der Waals surface area contributed by atoms with Crippen LogP contribution < -0.4 is 10.1 Å². The fourth-order valence-electron chi connectivity index (χ4n) is 3.23. The molecule has 1 aromatic carbocycles. The van der Waals surface area contributed by atoms with Gasteiger partial charge in [-0.2, -0.15) is 0 Å². The number of nitrogens with zero attached hydrogens (tertiary/aromatic N) is 1. The maximum Gasteiger partial charge on any atom is 0.325 e. The monoisotopic (exact) mass is 432 g/mol. The number of hydrogen-bond acceptors (Lipinski definition) is 5. The zero-order valence-corrected chi connectivity index (χ0v) is 18.2. The van der Waals surface area contributed by atoms with E-state index in [4.69, 9.17) is 21.1 Å². The van der Waals surface area contributed by atoms with Crippen LogP contribution in [0.1, 0.15) is 45.7 Å². The molecule has 1 aliphatic carbocycles. The molecule has 0 aromatic heterocycles. The van der Waals surface area contributed by atoms with Gasteiger partial charge in [-0.1, -0.05) is 24.6 Å². The molecule has 7 nitrogen and oxygen atoms in total. The van der Waals surface area contributed by atoms with E-state index in [1.165, 1.54) is 4.90 Å². The molecule has 1 N–H and O–H groups in total.